The van der Waals surface area contributed by atoms with E-state index < -0.39 is 37.8 Å². The van der Waals surface area contributed by atoms with Gasteiger partial charge in [0.25, 0.3) is 10.0 Å². The third-order valence-corrected chi connectivity index (χ3v) is 3.61. The molecule has 118 valence electrons. The summed E-state index contributed by atoms with van der Waals surface area (Å²) in [5.41, 5.74) is 0.243. The number of carbonyl (C=O) groups is 1. The molecule has 0 aliphatic carbocycles. The Balaban J connectivity index is 3.18. The van der Waals surface area contributed by atoms with Crippen molar-refractivity contribution in [2.45, 2.75) is 11.1 Å². The lowest BCUT2D eigenvalue weighted by Crippen LogP contribution is -2.46. The molecule has 2 amide bonds. The van der Waals surface area contributed by atoms with Gasteiger partial charge in [0, 0.05) is 20.3 Å². The Hall–Kier alpha value is -1.59. The van der Waals surface area contributed by atoms with Crippen LogP contribution in [0.2, 0.25) is 5.15 Å². The van der Waals surface area contributed by atoms with Crippen molar-refractivity contribution in [3.63, 3.8) is 0 Å². The number of amides is 2. The molecule has 0 unspecified atom stereocenters. The van der Waals surface area contributed by atoms with Crippen molar-refractivity contribution in [1.82, 2.24) is 20.1 Å². The van der Waals surface area contributed by atoms with E-state index in [1.165, 1.54) is 18.9 Å². The van der Waals surface area contributed by atoms with Crippen LogP contribution in [0.5, 0.6) is 0 Å². The number of pyridine rings is 1. The monoisotopic (exact) mass is 346 g/mol. The van der Waals surface area contributed by atoms with Crippen LogP contribution in [-0.2, 0) is 16.2 Å². The Morgan fingerprint density at radius 3 is 2.43 bits per heavy atom. The van der Waals surface area contributed by atoms with Gasteiger partial charge < -0.3 is 4.90 Å². The van der Waals surface area contributed by atoms with Gasteiger partial charge >= 0.3 is 12.2 Å². The number of sulfonamides is 1. The van der Waals surface area contributed by atoms with E-state index in [9.17, 15) is 26.4 Å². The van der Waals surface area contributed by atoms with Gasteiger partial charge in [-0.3, -0.25) is 5.43 Å². The van der Waals surface area contributed by atoms with Gasteiger partial charge in [0.05, 0.1) is 5.56 Å². The Kier molecular flexibility index (Phi) is 5.02. The summed E-state index contributed by atoms with van der Waals surface area (Å²) >= 11 is 5.34. The summed E-state index contributed by atoms with van der Waals surface area (Å²) in [6, 6.07) is -0.488. The van der Waals surface area contributed by atoms with Crippen LogP contribution in [0.4, 0.5) is 18.0 Å². The minimum Gasteiger partial charge on any atom is -0.330 e. The van der Waals surface area contributed by atoms with Crippen LogP contribution in [-0.4, -0.2) is 38.4 Å². The summed E-state index contributed by atoms with van der Waals surface area (Å²) in [6.07, 6.45) is -4.50. The number of carbonyl (C=O) groups excluding carboxylic acids is 1. The molecule has 1 aromatic rings. The minimum atomic E-state index is -4.96. The second-order valence-electron chi connectivity index (χ2n) is 3.93. The summed E-state index contributed by atoms with van der Waals surface area (Å²) in [5, 5.41) is -0.515. The zero-order valence-corrected chi connectivity index (χ0v) is 12.3. The van der Waals surface area contributed by atoms with Crippen molar-refractivity contribution < 1.29 is 26.4 Å². The number of nitrogens with zero attached hydrogens (tertiary/aromatic N) is 2. The first-order valence-corrected chi connectivity index (χ1v) is 7.03. The lowest BCUT2D eigenvalue weighted by atomic mass is 10.2. The molecule has 0 radical (unpaired) electrons. The molecule has 0 fully saturated rings. The molecule has 0 aliphatic rings. The third kappa shape index (κ3) is 4.44. The summed E-state index contributed by atoms with van der Waals surface area (Å²) in [4.78, 5) is 15.9. The summed E-state index contributed by atoms with van der Waals surface area (Å²) in [6.45, 7) is 0. The highest BCUT2D eigenvalue weighted by Crippen LogP contribution is 2.34. The van der Waals surface area contributed by atoms with Crippen molar-refractivity contribution in [3.8, 4) is 0 Å². The second kappa shape index (κ2) is 6.03. The highest BCUT2D eigenvalue weighted by molar-refractivity contribution is 7.89. The quantitative estimate of drug-likeness (QED) is 0.636. The van der Waals surface area contributed by atoms with E-state index in [2.05, 4.69) is 4.98 Å². The number of hydrogen-bond acceptors (Lipinski definition) is 4. The largest absolute Gasteiger partial charge is 0.417 e. The summed E-state index contributed by atoms with van der Waals surface area (Å²) in [7, 11) is -2.04. The van der Waals surface area contributed by atoms with E-state index in [4.69, 9.17) is 11.6 Å². The Morgan fingerprint density at radius 2 is 1.95 bits per heavy atom. The maximum absolute atomic E-state index is 12.8. The fraction of sp³-hybridized carbons (Fsp3) is 0.333. The molecule has 0 saturated heterocycles. The minimum absolute atomic E-state index is 0.379. The number of hydrogen-bond donors (Lipinski definition) is 2. The highest BCUT2D eigenvalue weighted by atomic mass is 35.5. The lowest BCUT2D eigenvalue weighted by Gasteiger charge is -2.15. The number of urea groups is 1. The van der Waals surface area contributed by atoms with Gasteiger partial charge in [-0.1, -0.05) is 11.6 Å². The standard InChI is InChI=1S/C9H10ClF3N4O3S/c1-17(2)8(18)15-16-21(19,20)6-4-14-7(10)3-5(6)9(11,12)13/h3-4,16H,1-2H3,(H,15,18). The van der Waals surface area contributed by atoms with Gasteiger partial charge in [0.1, 0.15) is 10.0 Å². The van der Waals surface area contributed by atoms with Crippen LogP contribution >= 0.6 is 11.6 Å². The fourth-order valence-corrected chi connectivity index (χ4v) is 2.28. The zero-order chi connectivity index (χ0) is 16.4. The fourth-order valence-electron chi connectivity index (χ4n) is 1.13. The van der Waals surface area contributed by atoms with Crippen LogP contribution in [0, 0.1) is 0 Å². The molecular weight excluding hydrogens is 337 g/mol. The zero-order valence-electron chi connectivity index (χ0n) is 10.7. The van der Waals surface area contributed by atoms with Crippen molar-refractivity contribution in [2.24, 2.45) is 0 Å². The number of nitrogens with one attached hydrogen (secondary N) is 2. The lowest BCUT2D eigenvalue weighted by molar-refractivity contribution is -0.140. The number of hydrazine groups is 1. The number of aromatic nitrogens is 1. The normalized spacial score (nSPS) is 12.1. The van der Waals surface area contributed by atoms with Gasteiger partial charge in [0.15, 0.2) is 0 Å². The van der Waals surface area contributed by atoms with E-state index in [1.807, 2.05) is 0 Å². The SMILES string of the molecule is CN(C)C(=O)NNS(=O)(=O)c1cnc(Cl)cc1C(F)(F)F. The van der Waals surface area contributed by atoms with Crippen LogP contribution in [0.3, 0.4) is 0 Å². The molecule has 0 saturated carbocycles. The molecule has 0 spiro atoms. The van der Waals surface area contributed by atoms with E-state index in [0.29, 0.717) is 12.3 Å². The van der Waals surface area contributed by atoms with Gasteiger partial charge in [-0.25, -0.2) is 18.2 Å². The molecule has 0 aliphatic heterocycles. The molecule has 1 heterocycles. The maximum atomic E-state index is 12.8. The van der Waals surface area contributed by atoms with Crippen LogP contribution in [0.1, 0.15) is 5.56 Å². The van der Waals surface area contributed by atoms with Gasteiger partial charge in [0.2, 0.25) is 0 Å². The predicted molar refractivity (Wildman–Crippen MR) is 66.8 cm³/mol. The molecule has 0 bridgehead atoms. The Morgan fingerprint density at radius 1 is 1.38 bits per heavy atom. The van der Waals surface area contributed by atoms with Crippen molar-refractivity contribution in [2.75, 3.05) is 14.1 Å². The first-order chi connectivity index (χ1) is 9.45. The smallest absolute Gasteiger partial charge is 0.330 e. The molecule has 2 N–H and O–H groups in total. The molecule has 7 nitrogen and oxygen atoms in total. The number of rotatable bonds is 3. The average Bonchev–Trinajstić information content (AvgIpc) is 2.34. The predicted octanol–water partition coefficient (Wildman–Crippen LogP) is 1.22. The Bertz CT molecular complexity index is 648. The van der Waals surface area contributed by atoms with Crippen molar-refractivity contribution in [1.29, 1.82) is 0 Å². The molecule has 1 rings (SSSR count). The van der Waals surface area contributed by atoms with Crippen LogP contribution < -0.4 is 10.3 Å². The van der Waals surface area contributed by atoms with E-state index in [0.717, 1.165) is 4.90 Å². The summed E-state index contributed by atoms with van der Waals surface area (Å²) in [5.74, 6) is 0. The third-order valence-electron chi connectivity index (χ3n) is 2.13. The van der Waals surface area contributed by atoms with Gasteiger partial charge in [-0.15, -0.1) is 4.83 Å². The van der Waals surface area contributed by atoms with E-state index in [-0.39, 0.29) is 0 Å². The average molecular weight is 347 g/mol. The van der Waals surface area contributed by atoms with Crippen molar-refractivity contribution >= 4 is 27.7 Å². The number of alkyl halides is 3. The molecule has 0 atom stereocenters. The van der Waals surface area contributed by atoms with E-state index >= 15 is 0 Å². The Labute approximate surface area is 123 Å². The highest BCUT2D eigenvalue weighted by Gasteiger charge is 2.38. The van der Waals surface area contributed by atoms with E-state index in [1.54, 1.807) is 5.43 Å². The topological polar surface area (TPSA) is 91.4 Å². The van der Waals surface area contributed by atoms with Crippen molar-refractivity contribution in [3.05, 3.63) is 23.0 Å². The van der Waals surface area contributed by atoms with Gasteiger partial charge in [-0.05, 0) is 6.07 Å². The maximum Gasteiger partial charge on any atom is 0.417 e. The summed E-state index contributed by atoms with van der Waals surface area (Å²) < 4.78 is 62.1. The van der Waals surface area contributed by atoms with Crippen LogP contribution in [0.15, 0.2) is 17.2 Å². The molecular formula is C9H10ClF3N4O3S. The molecule has 12 heteroatoms. The first kappa shape index (κ1) is 17.5. The van der Waals surface area contributed by atoms with Crippen LogP contribution in [0.25, 0.3) is 0 Å². The number of halogens is 4. The van der Waals surface area contributed by atoms with Gasteiger partial charge in [-0.2, -0.15) is 13.2 Å². The molecule has 21 heavy (non-hydrogen) atoms. The second-order valence-corrected chi connectivity index (χ2v) is 5.97. The molecule has 0 aromatic carbocycles. The molecule has 1 aromatic heterocycles. The first-order valence-electron chi connectivity index (χ1n) is 5.17.